The molecule has 226 valence electrons. The lowest BCUT2D eigenvalue weighted by Gasteiger charge is -2.43. The fraction of sp³-hybridized carbons (Fsp3) is 0.345. The van der Waals surface area contributed by atoms with Gasteiger partial charge in [0.2, 0.25) is 5.75 Å². The van der Waals surface area contributed by atoms with Gasteiger partial charge in [-0.3, -0.25) is 24.5 Å². The molecule has 2 aliphatic carbocycles. The third kappa shape index (κ3) is 5.63. The first-order valence-corrected chi connectivity index (χ1v) is 14.0. The lowest BCUT2D eigenvalue weighted by Crippen LogP contribution is -2.41. The van der Waals surface area contributed by atoms with Crippen molar-refractivity contribution in [3.8, 4) is 17.2 Å². The second kappa shape index (κ2) is 11.5. The lowest BCUT2D eigenvalue weighted by atomic mass is 9.71. The fourth-order valence-electron chi connectivity index (χ4n) is 5.91. The number of carbonyl (C=O) groups is 3. The maximum atomic E-state index is 13.4. The van der Waals surface area contributed by atoms with Gasteiger partial charge in [-0.15, -0.1) is 0 Å². The van der Waals surface area contributed by atoms with E-state index in [0.29, 0.717) is 65.9 Å². The molecule has 10 nitrogen and oxygen atoms in total. The third-order valence-electron chi connectivity index (χ3n) is 7.66. The number of ether oxygens (including phenoxy) is 2. The van der Waals surface area contributed by atoms with E-state index in [2.05, 4.69) is 15.9 Å². The van der Waals surface area contributed by atoms with Crippen LogP contribution in [0.3, 0.4) is 0 Å². The molecule has 3 aliphatic rings. The highest BCUT2D eigenvalue weighted by Crippen LogP contribution is 2.52. The predicted molar refractivity (Wildman–Crippen MR) is 148 cm³/mol. The molecule has 0 bridgehead atoms. The van der Waals surface area contributed by atoms with Gasteiger partial charge in [-0.2, -0.15) is 13.2 Å². The summed E-state index contributed by atoms with van der Waals surface area (Å²) in [6, 6.07) is 4.94. The quantitative estimate of drug-likeness (QED) is 0.254. The average Bonchev–Trinajstić information content (AvgIpc) is 2.94. The number of ketones is 2. The topological polar surface area (TPSA) is 136 Å². The number of halogens is 4. The Bertz CT molecular complexity index is 1590. The Morgan fingerprint density at radius 2 is 1.65 bits per heavy atom. The number of nitro groups is 1. The van der Waals surface area contributed by atoms with E-state index in [1.54, 1.807) is 11.0 Å². The van der Waals surface area contributed by atoms with Crippen molar-refractivity contribution in [3.63, 3.8) is 0 Å². The summed E-state index contributed by atoms with van der Waals surface area (Å²) in [5.74, 6) is -2.85. The Labute approximate surface area is 251 Å². The highest BCUT2D eigenvalue weighted by atomic mass is 79.9. The van der Waals surface area contributed by atoms with Gasteiger partial charge in [-0.1, -0.05) is 0 Å². The molecule has 43 heavy (non-hydrogen) atoms. The van der Waals surface area contributed by atoms with E-state index in [-0.39, 0.29) is 40.4 Å². The van der Waals surface area contributed by atoms with E-state index in [4.69, 9.17) is 9.47 Å². The number of Topliss-reactive ketones (excluding diaryl/α,β-unsaturated/α-hetero) is 2. The van der Waals surface area contributed by atoms with Crippen LogP contribution in [0.5, 0.6) is 17.2 Å². The number of rotatable bonds is 7. The number of aliphatic carboxylic acids is 1. The van der Waals surface area contributed by atoms with Crippen molar-refractivity contribution in [1.29, 1.82) is 0 Å². The molecule has 0 saturated carbocycles. The average molecular weight is 665 g/mol. The van der Waals surface area contributed by atoms with Crippen molar-refractivity contribution in [2.75, 3.05) is 13.7 Å². The highest BCUT2D eigenvalue weighted by molar-refractivity contribution is 9.10. The second-order valence-corrected chi connectivity index (χ2v) is 11.1. The van der Waals surface area contributed by atoms with Crippen LogP contribution in [0, 0.1) is 10.1 Å². The first-order chi connectivity index (χ1) is 20.3. The summed E-state index contributed by atoms with van der Waals surface area (Å²) in [5, 5.41) is 21.2. The first kappa shape index (κ1) is 30.3. The second-order valence-electron chi connectivity index (χ2n) is 10.3. The molecule has 0 amide bonds. The maximum Gasteiger partial charge on any atom is 0.416 e. The minimum absolute atomic E-state index is 0.0300. The van der Waals surface area contributed by atoms with Crippen molar-refractivity contribution in [2.45, 2.75) is 50.6 Å². The van der Waals surface area contributed by atoms with Crippen molar-refractivity contribution in [3.05, 3.63) is 78.6 Å². The summed E-state index contributed by atoms with van der Waals surface area (Å²) >= 11 is 3.38. The van der Waals surface area contributed by atoms with Crippen LogP contribution in [-0.4, -0.2) is 46.1 Å². The number of benzene rings is 2. The summed E-state index contributed by atoms with van der Waals surface area (Å²) in [6.07, 6.45) is -2.39. The molecule has 0 spiro atoms. The zero-order valence-corrected chi connectivity index (χ0v) is 24.2. The van der Waals surface area contributed by atoms with Crippen LogP contribution in [0.1, 0.15) is 55.6 Å². The zero-order valence-electron chi connectivity index (χ0n) is 22.6. The monoisotopic (exact) mass is 664 g/mol. The molecule has 0 saturated heterocycles. The van der Waals surface area contributed by atoms with Crippen LogP contribution < -0.4 is 9.47 Å². The maximum absolute atomic E-state index is 13.4. The van der Waals surface area contributed by atoms with Gasteiger partial charge in [0.25, 0.3) is 0 Å². The van der Waals surface area contributed by atoms with Crippen LogP contribution in [0.2, 0.25) is 0 Å². The number of methoxy groups -OCH3 is 1. The molecule has 2 aromatic rings. The van der Waals surface area contributed by atoms with E-state index < -0.39 is 46.5 Å². The van der Waals surface area contributed by atoms with Gasteiger partial charge in [0.15, 0.2) is 23.1 Å². The molecule has 0 aromatic heterocycles. The molecule has 0 unspecified atom stereocenters. The highest BCUT2D eigenvalue weighted by Gasteiger charge is 2.44. The number of nitrogens with zero attached hydrogens (tertiary/aromatic N) is 2. The standard InChI is InChI=1S/C29H24BrF3N2O8/c1-42-23-11-14(10-16(30)28(23)43-22-9-8-15(29(31,32)33)12-19(22)35(40)41)25-26-17(4-2-6-20(26)36)34(13-24(38)39)18-5-3-7-21(37)27(18)25/h8-12,25H,2-7,13H2,1H3,(H,38,39). The van der Waals surface area contributed by atoms with Gasteiger partial charge >= 0.3 is 17.8 Å². The number of hydrogen-bond donors (Lipinski definition) is 1. The number of nitro benzene ring substituents is 1. The first-order valence-electron chi connectivity index (χ1n) is 13.2. The van der Waals surface area contributed by atoms with Gasteiger partial charge in [-0.25, -0.2) is 0 Å². The van der Waals surface area contributed by atoms with E-state index in [1.165, 1.54) is 13.2 Å². The molecular weight excluding hydrogens is 641 g/mol. The van der Waals surface area contributed by atoms with Crippen LogP contribution in [0.4, 0.5) is 18.9 Å². The summed E-state index contributed by atoms with van der Waals surface area (Å²) in [5.41, 5.74) is 0.123. The molecule has 0 fully saturated rings. The van der Waals surface area contributed by atoms with Crippen molar-refractivity contribution < 1.29 is 47.1 Å². The molecule has 0 radical (unpaired) electrons. The van der Waals surface area contributed by atoms with E-state index in [9.17, 15) is 42.8 Å². The molecular formula is C29H24BrF3N2O8. The summed E-state index contributed by atoms with van der Waals surface area (Å²) in [6.45, 7) is -0.392. The summed E-state index contributed by atoms with van der Waals surface area (Å²) in [4.78, 5) is 50.8. The van der Waals surface area contributed by atoms with Crippen LogP contribution in [0.25, 0.3) is 0 Å². The molecule has 5 rings (SSSR count). The zero-order chi connectivity index (χ0) is 31.2. The SMILES string of the molecule is COc1cc(C2C3=C(CCCC3=O)N(CC(=O)O)C3=C2C(=O)CCC3)cc(Br)c1Oc1ccc(C(F)(F)F)cc1[N+](=O)[O-]. The fourth-order valence-corrected chi connectivity index (χ4v) is 6.45. The number of carboxylic acid groups (broad SMARTS) is 1. The number of alkyl halides is 3. The van der Waals surface area contributed by atoms with E-state index in [1.807, 2.05) is 0 Å². The summed E-state index contributed by atoms with van der Waals surface area (Å²) in [7, 11) is 1.29. The summed E-state index contributed by atoms with van der Waals surface area (Å²) < 4.78 is 51.0. The third-order valence-corrected chi connectivity index (χ3v) is 8.25. The van der Waals surface area contributed by atoms with Crippen molar-refractivity contribution in [1.82, 2.24) is 4.90 Å². The Balaban J connectivity index is 1.65. The van der Waals surface area contributed by atoms with Gasteiger partial charge < -0.3 is 19.5 Å². The molecule has 0 atom stereocenters. The van der Waals surface area contributed by atoms with Gasteiger partial charge in [0.1, 0.15) is 6.54 Å². The van der Waals surface area contributed by atoms with Crippen LogP contribution >= 0.6 is 15.9 Å². The minimum Gasteiger partial charge on any atom is -0.493 e. The normalized spacial score (nSPS) is 17.6. The largest absolute Gasteiger partial charge is 0.493 e. The van der Waals surface area contributed by atoms with Gasteiger partial charge in [0.05, 0.1) is 22.1 Å². The molecule has 1 N–H and O–H groups in total. The number of hydrogen-bond acceptors (Lipinski definition) is 8. The van der Waals surface area contributed by atoms with Crippen molar-refractivity contribution in [2.24, 2.45) is 0 Å². The van der Waals surface area contributed by atoms with Gasteiger partial charge in [-0.05, 0) is 71.4 Å². The molecule has 1 aliphatic heterocycles. The lowest BCUT2D eigenvalue weighted by molar-refractivity contribution is -0.385. The Morgan fingerprint density at radius 1 is 1.05 bits per heavy atom. The number of carboxylic acids is 1. The molecule has 1 heterocycles. The van der Waals surface area contributed by atoms with Gasteiger partial charge in [0, 0.05) is 47.4 Å². The Hall–Kier alpha value is -4.20. The molecule has 2 aromatic carbocycles. The van der Waals surface area contributed by atoms with E-state index >= 15 is 0 Å². The molecule has 14 heteroatoms. The van der Waals surface area contributed by atoms with Crippen LogP contribution in [-0.2, 0) is 20.6 Å². The number of carbonyl (C=O) groups excluding carboxylic acids is 2. The smallest absolute Gasteiger partial charge is 0.416 e. The van der Waals surface area contributed by atoms with E-state index in [0.717, 1.165) is 6.07 Å². The Kier molecular flexibility index (Phi) is 8.07. The minimum atomic E-state index is -4.81. The number of allylic oxidation sites excluding steroid dienone is 4. The predicted octanol–water partition coefficient (Wildman–Crippen LogP) is 6.68. The van der Waals surface area contributed by atoms with Crippen molar-refractivity contribution >= 4 is 39.2 Å². The van der Waals surface area contributed by atoms with Crippen LogP contribution in [0.15, 0.2) is 57.3 Å². The Morgan fingerprint density at radius 3 is 2.16 bits per heavy atom.